The van der Waals surface area contributed by atoms with Crippen LogP contribution in [-0.4, -0.2) is 64.9 Å². The van der Waals surface area contributed by atoms with Crippen LogP contribution in [-0.2, 0) is 14.8 Å². The van der Waals surface area contributed by atoms with Gasteiger partial charge in [0.05, 0.1) is 23.7 Å². The van der Waals surface area contributed by atoms with E-state index >= 15 is 0 Å². The molecule has 1 saturated carbocycles. The van der Waals surface area contributed by atoms with Gasteiger partial charge in [0, 0.05) is 54.7 Å². The number of H-pyrrole nitrogens is 1. The molecule has 1 unspecified atom stereocenters. The number of fused-ring (bicyclic) bond motifs is 3. The summed E-state index contributed by atoms with van der Waals surface area (Å²) in [5.74, 6) is 0.730. The summed E-state index contributed by atoms with van der Waals surface area (Å²) in [6, 6.07) is 2.04. The molecule has 1 saturated heterocycles. The minimum absolute atomic E-state index is 0.0176. The van der Waals surface area contributed by atoms with Crippen LogP contribution in [0, 0.1) is 5.92 Å². The molecule has 3 aromatic rings. The highest BCUT2D eigenvalue weighted by Gasteiger charge is 2.33. The Balaban J connectivity index is 1.29. The van der Waals surface area contributed by atoms with Crippen LogP contribution in [0.1, 0.15) is 50.1 Å². The van der Waals surface area contributed by atoms with E-state index in [9.17, 15) is 8.42 Å². The molecule has 2 fully saturated rings. The predicted molar refractivity (Wildman–Crippen MR) is 119 cm³/mol. The normalized spacial score (nSPS) is 25.9. The zero-order valence-electron chi connectivity index (χ0n) is 17.8. The van der Waals surface area contributed by atoms with Crippen LogP contribution in [0.3, 0.4) is 0 Å². The zero-order chi connectivity index (χ0) is 21.4. The van der Waals surface area contributed by atoms with Crippen LogP contribution in [0.15, 0.2) is 24.7 Å². The maximum atomic E-state index is 13.0. The molecule has 4 heterocycles. The molecule has 0 aromatic carbocycles. The molecule has 3 aromatic heterocycles. The summed E-state index contributed by atoms with van der Waals surface area (Å²) in [5, 5.41) is 11.9. The van der Waals surface area contributed by atoms with Crippen LogP contribution in [0.5, 0.6) is 0 Å². The number of rotatable bonds is 5. The van der Waals surface area contributed by atoms with Crippen molar-refractivity contribution in [1.29, 1.82) is 0 Å². The smallest absolute Gasteiger partial charge is 0.214 e. The molecule has 0 radical (unpaired) electrons. The first-order valence-electron chi connectivity index (χ1n) is 11.1. The van der Waals surface area contributed by atoms with Crippen LogP contribution < -0.4 is 0 Å². The van der Waals surface area contributed by atoms with E-state index in [4.69, 9.17) is 4.74 Å². The number of hydrogen-bond acceptors (Lipinski definition) is 6. The first-order valence-corrected chi connectivity index (χ1v) is 12.7. The van der Waals surface area contributed by atoms with Crippen LogP contribution in [0.4, 0.5) is 0 Å². The number of sulfonamides is 1. The molecule has 31 heavy (non-hydrogen) atoms. The van der Waals surface area contributed by atoms with E-state index in [1.807, 2.05) is 18.5 Å². The Hall–Kier alpha value is -2.10. The Bertz CT molecular complexity index is 1170. The third kappa shape index (κ3) is 4.06. The predicted octanol–water partition coefficient (Wildman–Crippen LogP) is 3.22. The van der Waals surface area contributed by atoms with Gasteiger partial charge < -0.3 is 9.72 Å². The van der Waals surface area contributed by atoms with E-state index in [0.29, 0.717) is 19.0 Å². The van der Waals surface area contributed by atoms with Crippen molar-refractivity contribution in [3.05, 3.63) is 30.4 Å². The lowest BCUT2D eigenvalue weighted by Gasteiger charge is -2.34. The molecule has 0 spiro atoms. The molecule has 8 nitrogen and oxygen atoms in total. The van der Waals surface area contributed by atoms with Gasteiger partial charge in [-0.2, -0.15) is 14.5 Å². The van der Waals surface area contributed by atoms with Crippen LogP contribution in [0.2, 0.25) is 0 Å². The average Bonchev–Trinajstić information content (AvgIpc) is 3.28. The van der Waals surface area contributed by atoms with E-state index in [1.54, 1.807) is 17.6 Å². The third-order valence-electron chi connectivity index (χ3n) is 6.98. The average molecular weight is 444 g/mol. The summed E-state index contributed by atoms with van der Waals surface area (Å²) in [5.41, 5.74) is 1.88. The van der Waals surface area contributed by atoms with E-state index < -0.39 is 10.0 Å². The molecule has 0 amide bonds. The minimum Gasteiger partial charge on any atom is -0.380 e. The third-order valence-corrected chi connectivity index (χ3v) is 8.99. The molecule has 5 rings (SSSR count). The van der Waals surface area contributed by atoms with E-state index in [0.717, 1.165) is 66.0 Å². The lowest BCUT2D eigenvalue weighted by atomic mass is 9.80. The zero-order valence-corrected chi connectivity index (χ0v) is 18.6. The van der Waals surface area contributed by atoms with Gasteiger partial charge in [0.15, 0.2) is 0 Å². The van der Waals surface area contributed by atoms with Crippen LogP contribution >= 0.6 is 0 Å². The van der Waals surface area contributed by atoms with Gasteiger partial charge >= 0.3 is 0 Å². The second kappa shape index (κ2) is 8.44. The van der Waals surface area contributed by atoms with Crippen molar-refractivity contribution in [2.75, 3.05) is 26.0 Å². The largest absolute Gasteiger partial charge is 0.380 e. The van der Waals surface area contributed by atoms with Gasteiger partial charge in [0.1, 0.15) is 5.65 Å². The molecule has 1 N–H and O–H groups in total. The molecule has 2 aliphatic rings. The van der Waals surface area contributed by atoms with Crippen molar-refractivity contribution in [2.24, 2.45) is 5.92 Å². The second-order valence-electron chi connectivity index (χ2n) is 8.91. The van der Waals surface area contributed by atoms with Crippen molar-refractivity contribution in [2.45, 2.75) is 50.5 Å². The SMILES string of the molecule is COC1CCCN(S(=O)(=O)CC2CCC(c3nncc4cnc5[nH]ccc5c34)CC2)C1. The fourth-order valence-electron chi connectivity index (χ4n) is 5.25. The Morgan fingerprint density at radius 1 is 1.19 bits per heavy atom. The molecular weight excluding hydrogens is 414 g/mol. The Kier molecular flexibility index (Phi) is 5.66. The Morgan fingerprint density at radius 3 is 2.84 bits per heavy atom. The van der Waals surface area contributed by atoms with Gasteiger partial charge in [0.25, 0.3) is 0 Å². The molecule has 166 valence electrons. The molecular formula is C22H29N5O3S. The number of ether oxygens (including phenoxy) is 1. The van der Waals surface area contributed by atoms with Gasteiger partial charge in [0.2, 0.25) is 10.0 Å². The van der Waals surface area contributed by atoms with E-state index in [1.165, 1.54) is 0 Å². The quantitative estimate of drug-likeness (QED) is 0.650. The van der Waals surface area contributed by atoms with Gasteiger partial charge in [-0.15, -0.1) is 0 Å². The summed E-state index contributed by atoms with van der Waals surface area (Å²) < 4.78 is 33.0. The topological polar surface area (TPSA) is 101 Å². The molecule has 0 bridgehead atoms. The monoisotopic (exact) mass is 443 g/mol. The van der Waals surface area contributed by atoms with Crippen molar-refractivity contribution < 1.29 is 13.2 Å². The number of methoxy groups -OCH3 is 1. The maximum absolute atomic E-state index is 13.0. The van der Waals surface area contributed by atoms with Crippen molar-refractivity contribution in [3.63, 3.8) is 0 Å². The standard InChI is InChI=1S/C22H29N5O3S/c1-30-18-3-2-10-27(13-18)31(28,29)14-15-4-6-16(7-5-15)21-20-17(12-25-26-21)11-24-22-19(20)8-9-23-22/h8-9,11-12,15-16,18H,2-7,10,13-14H2,1H3,(H,23,24). The number of aromatic nitrogens is 4. The van der Waals surface area contributed by atoms with Gasteiger partial charge in [-0.25, -0.2) is 13.4 Å². The fraction of sp³-hybridized carbons (Fsp3) is 0.591. The molecule has 1 aliphatic carbocycles. The molecule has 1 aliphatic heterocycles. The lowest BCUT2D eigenvalue weighted by Crippen LogP contribution is -2.44. The fourth-order valence-corrected chi connectivity index (χ4v) is 7.19. The first kappa shape index (κ1) is 20.8. The Labute approximate surface area is 182 Å². The number of piperidine rings is 1. The number of aromatic amines is 1. The highest BCUT2D eigenvalue weighted by Crippen LogP contribution is 2.39. The summed E-state index contributed by atoms with van der Waals surface area (Å²) in [4.78, 5) is 7.63. The maximum Gasteiger partial charge on any atom is 0.214 e. The van der Waals surface area contributed by atoms with E-state index in [2.05, 4.69) is 20.2 Å². The number of hydrogen-bond donors (Lipinski definition) is 1. The van der Waals surface area contributed by atoms with E-state index in [-0.39, 0.29) is 17.8 Å². The number of nitrogens with zero attached hydrogens (tertiary/aromatic N) is 4. The minimum atomic E-state index is -3.25. The van der Waals surface area contributed by atoms with Crippen molar-refractivity contribution in [1.82, 2.24) is 24.5 Å². The summed E-state index contributed by atoms with van der Waals surface area (Å²) >= 11 is 0. The molecule has 1 atom stereocenters. The first-order chi connectivity index (χ1) is 15.0. The highest BCUT2D eigenvalue weighted by atomic mass is 32.2. The van der Waals surface area contributed by atoms with Crippen molar-refractivity contribution >= 4 is 31.8 Å². The Morgan fingerprint density at radius 2 is 2.03 bits per heavy atom. The summed E-state index contributed by atoms with van der Waals surface area (Å²) in [6.45, 7) is 1.10. The van der Waals surface area contributed by atoms with Crippen LogP contribution in [0.25, 0.3) is 21.8 Å². The summed E-state index contributed by atoms with van der Waals surface area (Å²) in [6.07, 6.45) is 11.0. The second-order valence-corrected chi connectivity index (χ2v) is 10.9. The van der Waals surface area contributed by atoms with Gasteiger partial charge in [-0.1, -0.05) is 0 Å². The number of pyridine rings is 1. The lowest BCUT2D eigenvalue weighted by molar-refractivity contribution is 0.0570. The van der Waals surface area contributed by atoms with Gasteiger partial charge in [-0.05, 0) is 50.5 Å². The summed E-state index contributed by atoms with van der Waals surface area (Å²) in [7, 11) is -1.59. The van der Waals surface area contributed by atoms with Crippen molar-refractivity contribution in [3.8, 4) is 0 Å². The number of nitrogens with one attached hydrogen (secondary N) is 1. The molecule has 9 heteroatoms. The van der Waals surface area contributed by atoms with Gasteiger partial charge in [-0.3, -0.25) is 0 Å². The highest BCUT2D eigenvalue weighted by molar-refractivity contribution is 7.89.